The lowest BCUT2D eigenvalue weighted by atomic mass is 10.1. The van der Waals surface area contributed by atoms with Crippen molar-refractivity contribution < 1.29 is 9.53 Å². The molecular weight excluding hydrogens is 414 g/mol. The minimum Gasteiger partial charge on any atom is -0.466 e. The number of hydrogen-bond acceptors (Lipinski definition) is 5. The fraction of sp³-hybridized carbons (Fsp3) is 0.308. The standard InChI is InChI=1S/C26H29N5O2/c1-5-20-8-10-21(11-9-20)15-31(16-22-7-6-12-27-14-22)23(32)17-33-26-24-18(2)13-19(3)28-25(24)30(4)29-26/h6-14H,5,15-17H2,1-4H3. The first-order valence-electron chi connectivity index (χ1n) is 11.1. The molecule has 0 bridgehead atoms. The van der Waals surface area contributed by atoms with E-state index in [0.29, 0.717) is 19.0 Å². The first-order valence-corrected chi connectivity index (χ1v) is 11.1. The Morgan fingerprint density at radius 1 is 1.06 bits per heavy atom. The minimum absolute atomic E-state index is 0.104. The summed E-state index contributed by atoms with van der Waals surface area (Å²) in [6.45, 7) is 6.92. The molecule has 0 unspecified atom stereocenters. The van der Waals surface area contributed by atoms with Crippen LogP contribution in [-0.2, 0) is 31.4 Å². The molecule has 170 valence electrons. The normalized spacial score (nSPS) is 11.0. The van der Waals surface area contributed by atoms with Crippen molar-refractivity contribution >= 4 is 16.9 Å². The van der Waals surface area contributed by atoms with Crippen LogP contribution in [0, 0.1) is 13.8 Å². The Hall–Kier alpha value is -3.74. The zero-order valence-electron chi connectivity index (χ0n) is 19.6. The van der Waals surface area contributed by atoms with Gasteiger partial charge in [0.2, 0.25) is 5.88 Å². The Labute approximate surface area is 194 Å². The van der Waals surface area contributed by atoms with Gasteiger partial charge in [0.25, 0.3) is 5.91 Å². The highest BCUT2D eigenvalue weighted by Crippen LogP contribution is 2.27. The number of carbonyl (C=O) groups excluding carboxylic acids is 1. The van der Waals surface area contributed by atoms with Crippen molar-refractivity contribution in [3.05, 3.63) is 82.8 Å². The van der Waals surface area contributed by atoms with E-state index >= 15 is 0 Å². The van der Waals surface area contributed by atoms with Crippen LogP contribution in [0.3, 0.4) is 0 Å². The number of aryl methyl sites for hydroxylation is 4. The zero-order chi connectivity index (χ0) is 23.4. The molecule has 0 aliphatic heterocycles. The quantitative estimate of drug-likeness (QED) is 0.409. The molecule has 0 aliphatic carbocycles. The third kappa shape index (κ3) is 5.19. The molecule has 0 N–H and O–H groups in total. The molecule has 33 heavy (non-hydrogen) atoms. The first kappa shape index (κ1) is 22.5. The van der Waals surface area contributed by atoms with Crippen molar-refractivity contribution in [2.45, 2.75) is 40.3 Å². The van der Waals surface area contributed by atoms with Gasteiger partial charge < -0.3 is 9.64 Å². The summed E-state index contributed by atoms with van der Waals surface area (Å²) in [5.74, 6) is 0.314. The average molecular weight is 444 g/mol. The number of benzene rings is 1. The number of aromatic nitrogens is 4. The van der Waals surface area contributed by atoms with Crippen LogP contribution in [0.4, 0.5) is 0 Å². The maximum absolute atomic E-state index is 13.3. The predicted octanol–water partition coefficient (Wildman–Crippen LogP) is 4.15. The van der Waals surface area contributed by atoms with Crippen molar-refractivity contribution in [1.82, 2.24) is 24.6 Å². The van der Waals surface area contributed by atoms with Gasteiger partial charge in [0, 0.05) is 38.2 Å². The number of hydrogen-bond donors (Lipinski definition) is 0. The SMILES string of the molecule is CCc1ccc(CN(Cc2cccnc2)C(=O)COc2nn(C)c3nc(C)cc(C)c23)cc1. The summed E-state index contributed by atoms with van der Waals surface area (Å²) in [4.78, 5) is 23.8. The molecule has 0 saturated carbocycles. The second kappa shape index (κ2) is 9.81. The monoisotopic (exact) mass is 443 g/mol. The minimum atomic E-state index is -0.116. The van der Waals surface area contributed by atoms with Gasteiger partial charge in [-0.25, -0.2) is 9.67 Å². The summed E-state index contributed by atoms with van der Waals surface area (Å²) in [5.41, 5.74) is 6.00. The van der Waals surface area contributed by atoms with Gasteiger partial charge in [0.15, 0.2) is 12.3 Å². The van der Waals surface area contributed by atoms with Gasteiger partial charge in [-0.2, -0.15) is 0 Å². The fourth-order valence-electron chi connectivity index (χ4n) is 3.92. The Balaban J connectivity index is 1.54. The molecule has 4 rings (SSSR count). The highest BCUT2D eigenvalue weighted by Gasteiger charge is 2.19. The van der Waals surface area contributed by atoms with Crippen LogP contribution in [-0.4, -0.2) is 37.2 Å². The molecule has 3 heterocycles. The Bertz CT molecular complexity index is 1250. The summed E-state index contributed by atoms with van der Waals surface area (Å²) in [6, 6.07) is 14.2. The van der Waals surface area contributed by atoms with E-state index in [2.05, 4.69) is 46.3 Å². The number of rotatable bonds is 8. The molecule has 0 saturated heterocycles. The molecule has 4 aromatic rings. The predicted molar refractivity (Wildman–Crippen MR) is 128 cm³/mol. The van der Waals surface area contributed by atoms with Gasteiger partial charge in [-0.05, 0) is 54.7 Å². The van der Waals surface area contributed by atoms with E-state index in [1.54, 1.807) is 22.0 Å². The molecule has 0 aliphatic rings. The molecule has 7 nitrogen and oxygen atoms in total. The van der Waals surface area contributed by atoms with Crippen LogP contribution in [0.1, 0.15) is 34.9 Å². The van der Waals surface area contributed by atoms with Crippen molar-refractivity contribution in [3.8, 4) is 5.88 Å². The smallest absolute Gasteiger partial charge is 0.261 e. The third-order valence-corrected chi connectivity index (χ3v) is 5.67. The molecular formula is C26H29N5O2. The van der Waals surface area contributed by atoms with Crippen LogP contribution in [0.2, 0.25) is 0 Å². The molecule has 1 amide bonds. The van der Waals surface area contributed by atoms with Gasteiger partial charge in [0.05, 0.1) is 5.39 Å². The average Bonchev–Trinajstić information content (AvgIpc) is 3.13. The highest BCUT2D eigenvalue weighted by atomic mass is 16.5. The molecule has 0 radical (unpaired) electrons. The van der Waals surface area contributed by atoms with Crippen molar-refractivity contribution in [2.24, 2.45) is 7.05 Å². The number of amides is 1. The first-order chi connectivity index (χ1) is 15.9. The van der Waals surface area contributed by atoms with Gasteiger partial charge >= 0.3 is 0 Å². The van der Waals surface area contributed by atoms with E-state index in [-0.39, 0.29) is 12.5 Å². The number of carbonyl (C=O) groups is 1. The van der Waals surface area contributed by atoms with Crippen LogP contribution < -0.4 is 4.74 Å². The Kier molecular flexibility index (Phi) is 6.68. The van der Waals surface area contributed by atoms with Crippen LogP contribution in [0.5, 0.6) is 5.88 Å². The number of ether oxygens (including phenoxy) is 1. The second-order valence-corrected chi connectivity index (χ2v) is 8.28. The van der Waals surface area contributed by atoms with Gasteiger partial charge in [-0.3, -0.25) is 9.78 Å². The van der Waals surface area contributed by atoms with Crippen molar-refractivity contribution in [3.63, 3.8) is 0 Å². The molecule has 7 heteroatoms. The van der Waals surface area contributed by atoms with Gasteiger partial charge in [-0.1, -0.05) is 37.3 Å². The largest absolute Gasteiger partial charge is 0.466 e. The lowest BCUT2D eigenvalue weighted by molar-refractivity contribution is -0.134. The van der Waals surface area contributed by atoms with Gasteiger partial charge in [-0.15, -0.1) is 5.10 Å². The van der Waals surface area contributed by atoms with Gasteiger partial charge in [0.1, 0.15) is 0 Å². The Morgan fingerprint density at radius 3 is 2.48 bits per heavy atom. The highest BCUT2D eigenvalue weighted by molar-refractivity contribution is 5.85. The van der Waals surface area contributed by atoms with E-state index in [0.717, 1.165) is 39.8 Å². The van der Waals surface area contributed by atoms with Crippen molar-refractivity contribution in [2.75, 3.05) is 6.61 Å². The summed E-state index contributed by atoms with van der Waals surface area (Å²) in [7, 11) is 1.83. The second-order valence-electron chi connectivity index (χ2n) is 8.28. The maximum Gasteiger partial charge on any atom is 0.261 e. The zero-order valence-corrected chi connectivity index (χ0v) is 19.6. The maximum atomic E-state index is 13.3. The number of fused-ring (bicyclic) bond motifs is 1. The number of pyridine rings is 2. The molecule has 0 spiro atoms. The van der Waals surface area contributed by atoms with E-state index in [1.165, 1.54) is 5.56 Å². The molecule has 0 atom stereocenters. The van der Waals surface area contributed by atoms with E-state index in [4.69, 9.17) is 4.74 Å². The summed E-state index contributed by atoms with van der Waals surface area (Å²) in [6.07, 6.45) is 4.50. The molecule has 3 aromatic heterocycles. The van der Waals surface area contributed by atoms with E-state index in [1.807, 2.05) is 39.1 Å². The summed E-state index contributed by atoms with van der Waals surface area (Å²) in [5, 5.41) is 5.30. The van der Waals surface area contributed by atoms with Crippen LogP contribution >= 0.6 is 0 Å². The topological polar surface area (TPSA) is 73.1 Å². The molecule has 1 aromatic carbocycles. The number of nitrogens with zero attached hydrogens (tertiary/aromatic N) is 5. The Morgan fingerprint density at radius 2 is 1.79 bits per heavy atom. The fourth-order valence-corrected chi connectivity index (χ4v) is 3.92. The molecule has 0 fully saturated rings. The summed E-state index contributed by atoms with van der Waals surface area (Å²) < 4.78 is 7.63. The van der Waals surface area contributed by atoms with Crippen LogP contribution in [0.25, 0.3) is 11.0 Å². The lowest BCUT2D eigenvalue weighted by Crippen LogP contribution is -2.34. The van der Waals surface area contributed by atoms with E-state index in [9.17, 15) is 4.79 Å². The summed E-state index contributed by atoms with van der Waals surface area (Å²) >= 11 is 0. The van der Waals surface area contributed by atoms with Crippen LogP contribution in [0.15, 0.2) is 54.9 Å². The van der Waals surface area contributed by atoms with Crippen molar-refractivity contribution in [1.29, 1.82) is 0 Å². The van der Waals surface area contributed by atoms with E-state index < -0.39 is 0 Å². The lowest BCUT2D eigenvalue weighted by Gasteiger charge is -2.23. The third-order valence-electron chi connectivity index (χ3n) is 5.67.